The third-order valence-corrected chi connectivity index (χ3v) is 6.48. The van der Waals surface area contributed by atoms with Crippen molar-refractivity contribution in [1.82, 2.24) is 9.88 Å². The number of pyridine rings is 1. The molecule has 2 aliphatic rings. The molecule has 0 aliphatic carbocycles. The maximum atomic E-state index is 13.7. The average Bonchev–Trinajstić information content (AvgIpc) is 3.04. The molecule has 0 saturated carbocycles. The van der Waals surface area contributed by atoms with Gasteiger partial charge < -0.3 is 4.90 Å². The number of allylic oxidation sites excluding steroid dienone is 2. The van der Waals surface area contributed by atoms with Crippen molar-refractivity contribution in [2.75, 3.05) is 0 Å². The molecule has 35 heavy (non-hydrogen) atoms. The Morgan fingerprint density at radius 1 is 0.914 bits per heavy atom. The van der Waals surface area contributed by atoms with Crippen LogP contribution in [-0.2, 0) is 6.54 Å². The summed E-state index contributed by atoms with van der Waals surface area (Å²) in [6, 6.07) is 27.3. The highest BCUT2D eigenvalue weighted by Crippen LogP contribution is 2.27. The van der Waals surface area contributed by atoms with Gasteiger partial charge in [0.2, 0.25) is 0 Å². The quantitative estimate of drug-likeness (QED) is 0.304. The van der Waals surface area contributed by atoms with Crippen molar-refractivity contribution >= 4 is 44.4 Å². The average molecular weight is 519 g/mol. The summed E-state index contributed by atoms with van der Waals surface area (Å²) in [5.74, 6) is 0.793. The lowest BCUT2D eigenvalue weighted by Gasteiger charge is -2.21. The van der Waals surface area contributed by atoms with E-state index >= 15 is 0 Å². The van der Waals surface area contributed by atoms with Gasteiger partial charge in [-0.05, 0) is 45.8 Å². The fourth-order valence-corrected chi connectivity index (χ4v) is 4.69. The van der Waals surface area contributed by atoms with Crippen molar-refractivity contribution in [2.45, 2.75) is 6.54 Å². The van der Waals surface area contributed by atoms with Gasteiger partial charge in [0.15, 0.2) is 5.84 Å². The molecule has 0 atom stereocenters. The molecule has 0 bridgehead atoms. The fourth-order valence-electron chi connectivity index (χ4n) is 4.32. The number of rotatable bonds is 2. The van der Waals surface area contributed by atoms with Crippen LogP contribution in [0.25, 0.3) is 22.2 Å². The minimum absolute atomic E-state index is 0.347. The van der Waals surface area contributed by atoms with Crippen LogP contribution in [0.3, 0.4) is 0 Å². The van der Waals surface area contributed by atoms with Gasteiger partial charge in [0.05, 0.1) is 16.8 Å². The lowest BCUT2D eigenvalue weighted by Crippen LogP contribution is -2.24. The molecule has 6 rings (SSSR count). The van der Waals surface area contributed by atoms with E-state index in [2.05, 4.69) is 20.9 Å². The second-order valence-corrected chi connectivity index (χ2v) is 9.20. The van der Waals surface area contributed by atoms with E-state index in [-0.39, 0.29) is 5.91 Å². The number of para-hydroxylation sites is 1. The first kappa shape index (κ1) is 21.4. The van der Waals surface area contributed by atoms with Gasteiger partial charge >= 0.3 is 0 Å². The monoisotopic (exact) mass is 518 g/mol. The van der Waals surface area contributed by atoms with Crippen LogP contribution in [0.5, 0.6) is 0 Å². The summed E-state index contributed by atoms with van der Waals surface area (Å²) in [6.07, 6.45) is 5.85. The number of hydrogen-bond acceptors (Lipinski definition) is 3. The van der Waals surface area contributed by atoms with E-state index in [0.717, 1.165) is 43.6 Å². The molecule has 0 spiro atoms. The Hall–Kier alpha value is -4.16. The highest BCUT2D eigenvalue weighted by atomic mass is 79.9. The largest absolute Gasteiger partial charge is 0.327 e. The smallest absolute Gasteiger partial charge is 0.279 e. The third kappa shape index (κ3) is 4.13. The molecule has 0 saturated heterocycles. The van der Waals surface area contributed by atoms with Crippen molar-refractivity contribution in [3.05, 3.63) is 124 Å². The zero-order valence-corrected chi connectivity index (χ0v) is 20.2. The summed E-state index contributed by atoms with van der Waals surface area (Å²) in [6.45, 7) is 0.637. The highest BCUT2D eigenvalue weighted by Gasteiger charge is 2.22. The van der Waals surface area contributed by atoms with E-state index in [1.807, 2.05) is 108 Å². The summed E-state index contributed by atoms with van der Waals surface area (Å²) >= 11 is 3.54. The Balaban J connectivity index is 1.51. The number of hydrogen-bond donors (Lipinski definition) is 0. The van der Waals surface area contributed by atoms with Crippen LogP contribution in [0.4, 0.5) is 0 Å². The Morgan fingerprint density at radius 2 is 1.69 bits per heavy atom. The Morgan fingerprint density at radius 3 is 2.57 bits per heavy atom. The van der Waals surface area contributed by atoms with Crippen molar-refractivity contribution in [3.63, 3.8) is 0 Å². The van der Waals surface area contributed by atoms with Gasteiger partial charge in [0, 0.05) is 33.7 Å². The Labute approximate surface area is 211 Å². The third-order valence-electron chi connectivity index (χ3n) is 6.01. The first-order valence-electron chi connectivity index (χ1n) is 11.2. The number of benzene rings is 3. The molecule has 4 aromatic rings. The number of amidine groups is 2. The van der Waals surface area contributed by atoms with Gasteiger partial charge in [-0.15, -0.1) is 0 Å². The second-order valence-electron chi connectivity index (χ2n) is 8.28. The predicted molar refractivity (Wildman–Crippen MR) is 144 cm³/mol. The van der Waals surface area contributed by atoms with E-state index < -0.39 is 0 Å². The van der Waals surface area contributed by atoms with Crippen molar-refractivity contribution in [3.8, 4) is 11.3 Å². The zero-order chi connectivity index (χ0) is 23.8. The van der Waals surface area contributed by atoms with Crippen molar-refractivity contribution < 1.29 is 4.79 Å². The van der Waals surface area contributed by atoms with Crippen LogP contribution in [0.1, 0.15) is 21.5 Å². The van der Waals surface area contributed by atoms with Crippen LogP contribution in [0.15, 0.2) is 118 Å². The Kier molecular flexibility index (Phi) is 5.43. The summed E-state index contributed by atoms with van der Waals surface area (Å²) in [5, 5.41) is 0.766. The molecule has 2 aliphatic heterocycles. The first-order valence-corrected chi connectivity index (χ1v) is 12.0. The van der Waals surface area contributed by atoms with Gasteiger partial charge in [0.1, 0.15) is 5.84 Å². The zero-order valence-electron chi connectivity index (χ0n) is 18.6. The van der Waals surface area contributed by atoms with E-state index in [1.54, 1.807) is 0 Å². The van der Waals surface area contributed by atoms with Crippen LogP contribution >= 0.6 is 15.9 Å². The summed E-state index contributed by atoms with van der Waals surface area (Å²) in [7, 11) is 0. The molecular weight excluding hydrogens is 500 g/mol. The fraction of sp³-hybridized carbons (Fsp3) is 0.0345. The SMILES string of the molecule is O=C(N=C1N=C2C=CC(Br)=CN2Cc2ccccc21)c1cc(-c2ccccc2)nc2ccccc12. The number of halogens is 1. The van der Waals surface area contributed by atoms with E-state index in [0.29, 0.717) is 17.9 Å². The van der Waals surface area contributed by atoms with E-state index in [9.17, 15) is 4.79 Å². The second kappa shape index (κ2) is 8.89. The molecule has 0 fully saturated rings. The molecule has 3 aromatic carbocycles. The molecule has 5 nitrogen and oxygen atoms in total. The molecule has 168 valence electrons. The molecule has 3 heterocycles. The standard InChI is InChI=1S/C29H19BrN4O/c30-21-14-15-27-32-28(22-11-5-4-10-20(22)17-34(27)18-21)33-29(35)24-16-26(19-8-2-1-3-9-19)31-25-13-7-6-12-23(24)25/h1-16,18H,17H2. The van der Waals surface area contributed by atoms with Crippen molar-refractivity contribution in [1.29, 1.82) is 0 Å². The molecule has 0 unspecified atom stereocenters. The number of aliphatic imine (C=N–C) groups is 2. The number of amides is 1. The number of nitrogens with zero attached hydrogens (tertiary/aromatic N) is 4. The highest BCUT2D eigenvalue weighted by molar-refractivity contribution is 9.11. The van der Waals surface area contributed by atoms with Gasteiger partial charge in [0.25, 0.3) is 5.91 Å². The Bertz CT molecular complexity index is 1600. The van der Waals surface area contributed by atoms with Gasteiger partial charge in [-0.3, -0.25) is 4.79 Å². The summed E-state index contributed by atoms with van der Waals surface area (Å²) in [5.41, 5.74) is 4.83. The first-order chi connectivity index (χ1) is 17.2. The summed E-state index contributed by atoms with van der Waals surface area (Å²) < 4.78 is 0.960. The summed E-state index contributed by atoms with van der Waals surface area (Å²) in [4.78, 5) is 29.9. The number of fused-ring (bicyclic) bond motifs is 3. The van der Waals surface area contributed by atoms with Crippen LogP contribution in [0.2, 0.25) is 0 Å². The molecule has 6 heteroatoms. The number of carbonyl (C=O) groups excluding carboxylic acids is 1. The number of aromatic nitrogens is 1. The maximum Gasteiger partial charge on any atom is 0.279 e. The van der Waals surface area contributed by atoms with Gasteiger partial charge in [-0.1, -0.05) is 72.8 Å². The molecule has 1 amide bonds. The number of carbonyl (C=O) groups is 1. The minimum Gasteiger partial charge on any atom is -0.327 e. The van der Waals surface area contributed by atoms with Crippen LogP contribution in [0, 0.1) is 0 Å². The molecule has 0 N–H and O–H groups in total. The predicted octanol–water partition coefficient (Wildman–Crippen LogP) is 6.51. The minimum atomic E-state index is -0.347. The van der Waals surface area contributed by atoms with Gasteiger partial charge in [-0.25, -0.2) is 9.98 Å². The maximum absolute atomic E-state index is 13.7. The lowest BCUT2D eigenvalue weighted by molar-refractivity contribution is 0.100. The molecule has 1 aromatic heterocycles. The normalized spacial score (nSPS) is 15.8. The van der Waals surface area contributed by atoms with E-state index in [4.69, 9.17) is 9.98 Å². The molecule has 0 radical (unpaired) electrons. The van der Waals surface area contributed by atoms with Crippen LogP contribution in [-0.4, -0.2) is 27.5 Å². The van der Waals surface area contributed by atoms with E-state index in [1.165, 1.54) is 0 Å². The van der Waals surface area contributed by atoms with Crippen molar-refractivity contribution in [2.24, 2.45) is 9.98 Å². The van der Waals surface area contributed by atoms with Gasteiger partial charge in [-0.2, -0.15) is 4.99 Å². The molecular formula is C29H19BrN4O. The topological polar surface area (TPSA) is 57.9 Å². The van der Waals surface area contributed by atoms with Crippen LogP contribution < -0.4 is 0 Å². The lowest BCUT2D eigenvalue weighted by atomic mass is 10.0.